The molecule has 1 unspecified atom stereocenters. The maximum atomic E-state index is 11.9. The lowest BCUT2D eigenvalue weighted by Gasteiger charge is -2.15. The number of hydrogen-bond acceptors (Lipinski definition) is 4. The Bertz CT molecular complexity index is 371. The molecule has 1 N–H and O–H groups in total. The molecule has 0 bridgehead atoms. The summed E-state index contributed by atoms with van der Waals surface area (Å²) >= 11 is 0. The summed E-state index contributed by atoms with van der Waals surface area (Å²) in [5, 5.41) is 2.46. The zero-order valence-corrected chi connectivity index (χ0v) is 16.9. The topological polar surface area (TPSA) is 64.6 Å². The lowest BCUT2D eigenvalue weighted by Crippen LogP contribution is -2.41. The Morgan fingerprint density at radius 3 is 1.88 bits per heavy atom. The van der Waals surface area contributed by atoms with Crippen LogP contribution in [0.25, 0.3) is 0 Å². The van der Waals surface area contributed by atoms with E-state index in [0.29, 0.717) is 13.0 Å². The van der Waals surface area contributed by atoms with Crippen molar-refractivity contribution in [3.63, 3.8) is 0 Å². The summed E-state index contributed by atoms with van der Waals surface area (Å²) in [6.07, 6.45) is 16.5. The first kappa shape index (κ1) is 24.5. The summed E-state index contributed by atoms with van der Waals surface area (Å²) in [6, 6.07) is -0.725. The van der Waals surface area contributed by atoms with E-state index >= 15 is 0 Å². The number of ether oxygens (including phenoxy) is 2. The molecule has 0 aliphatic carbocycles. The summed E-state index contributed by atoms with van der Waals surface area (Å²) in [5.74, 6) is -0.432. The molecule has 0 aromatic carbocycles. The number of methoxy groups -OCH3 is 1. The molecule has 1 atom stereocenters. The van der Waals surface area contributed by atoms with Gasteiger partial charge in [0.25, 0.3) is 0 Å². The Labute approximate surface area is 159 Å². The van der Waals surface area contributed by atoms with Gasteiger partial charge in [-0.15, -0.1) is 6.58 Å². The Kier molecular flexibility index (Phi) is 17.2. The number of carbonyl (C=O) groups is 2. The Morgan fingerprint density at radius 2 is 1.42 bits per heavy atom. The normalized spacial score (nSPS) is 11.6. The van der Waals surface area contributed by atoms with Crippen LogP contribution >= 0.6 is 0 Å². The van der Waals surface area contributed by atoms with E-state index in [1.54, 1.807) is 6.08 Å². The fourth-order valence-electron chi connectivity index (χ4n) is 2.80. The zero-order valence-electron chi connectivity index (χ0n) is 16.9. The molecule has 0 rings (SSSR count). The van der Waals surface area contributed by atoms with Crippen LogP contribution in [0.3, 0.4) is 0 Å². The fraction of sp³-hybridized carbons (Fsp3) is 0.810. The molecule has 0 aromatic heterocycles. The average molecular weight is 370 g/mol. The third kappa shape index (κ3) is 14.8. The van der Waals surface area contributed by atoms with Gasteiger partial charge in [0.2, 0.25) is 0 Å². The lowest BCUT2D eigenvalue weighted by molar-refractivity contribution is -0.146. The number of hydrogen-bond donors (Lipinski definition) is 1. The highest BCUT2D eigenvalue weighted by molar-refractivity contribution is 5.81. The lowest BCUT2D eigenvalue weighted by atomic mass is 10.1. The minimum atomic E-state index is -0.725. The smallest absolute Gasteiger partial charge is 0.407 e. The van der Waals surface area contributed by atoms with E-state index in [4.69, 9.17) is 4.74 Å². The number of carbonyl (C=O) groups excluding carboxylic acids is 2. The summed E-state index contributed by atoms with van der Waals surface area (Å²) in [6.45, 7) is 6.23. The highest BCUT2D eigenvalue weighted by Crippen LogP contribution is 2.12. The van der Waals surface area contributed by atoms with Crippen molar-refractivity contribution < 1.29 is 19.1 Å². The quantitative estimate of drug-likeness (QED) is 0.208. The van der Waals surface area contributed by atoms with E-state index in [1.165, 1.54) is 71.3 Å². The van der Waals surface area contributed by atoms with Gasteiger partial charge in [0, 0.05) is 0 Å². The minimum absolute atomic E-state index is 0.326. The molecule has 0 spiro atoms. The molecular formula is C21H39NO4. The van der Waals surface area contributed by atoms with Crippen LogP contribution in [0.4, 0.5) is 4.79 Å². The van der Waals surface area contributed by atoms with Crippen molar-refractivity contribution in [3.8, 4) is 0 Å². The van der Waals surface area contributed by atoms with Crippen LogP contribution in [0.2, 0.25) is 0 Å². The van der Waals surface area contributed by atoms with E-state index in [-0.39, 0.29) is 0 Å². The second kappa shape index (κ2) is 18.3. The fourth-order valence-corrected chi connectivity index (χ4v) is 2.80. The molecule has 152 valence electrons. The molecule has 0 heterocycles. The van der Waals surface area contributed by atoms with Gasteiger partial charge in [-0.25, -0.2) is 9.59 Å². The van der Waals surface area contributed by atoms with Crippen LogP contribution in [0.5, 0.6) is 0 Å². The van der Waals surface area contributed by atoms with Crippen LogP contribution in [0, 0.1) is 0 Å². The van der Waals surface area contributed by atoms with Crippen molar-refractivity contribution >= 4 is 12.1 Å². The molecule has 26 heavy (non-hydrogen) atoms. The largest absolute Gasteiger partial charge is 0.464 e. The molecule has 5 heteroatoms. The highest BCUT2D eigenvalue weighted by atomic mass is 16.5. The summed E-state index contributed by atoms with van der Waals surface area (Å²) in [7, 11) is 1.26. The van der Waals surface area contributed by atoms with Crippen LogP contribution in [-0.4, -0.2) is 31.8 Å². The highest BCUT2D eigenvalue weighted by Gasteiger charge is 2.20. The Hall–Kier alpha value is -1.52. The monoisotopic (exact) mass is 369 g/mol. The van der Waals surface area contributed by atoms with E-state index in [1.807, 2.05) is 0 Å². The molecule has 0 fully saturated rings. The molecule has 1 amide bonds. The second-order valence-corrected chi connectivity index (χ2v) is 6.77. The molecule has 0 aromatic rings. The summed E-state index contributed by atoms with van der Waals surface area (Å²) < 4.78 is 9.74. The summed E-state index contributed by atoms with van der Waals surface area (Å²) in [5.41, 5.74) is 0. The molecule has 0 saturated carbocycles. The van der Waals surface area contributed by atoms with Gasteiger partial charge < -0.3 is 14.8 Å². The van der Waals surface area contributed by atoms with Crippen molar-refractivity contribution in [2.75, 3.05) is 13.7 Å². The average Bonchev–Trinajstić information content (AvgIpc) is 2.64. The van der Waals surface area contributed by atoms with Gasteiger partial charge in [0.15, 0.2) is 0 Å². The van der Waals surface area contributed by atoms with Crippen molar-refractivity contribution in [3.05, 3.63) is 12.7 Å². The molecule has 0 radical (unpaired) electrons. The number of alkyl carbamates (subject to hydrolysis) is 1. The molecule has 5 nitrogen and oxygen atoms in total. The van der Waals surface area contributed by atoms with Gasteiger partial charge in [-0.1, -0.05) is 83.6 Å². The van der Waals surface area contributed by atoms with Crippen LogP contribution in [-0.2, 0) is 14.3 Å². The van der Waals surface area contributed by atoms with Gasteiger partial charge in [-0.3, -0.25) is 0 Å². The third-order valence-corrected chi connectivity index (χ3v) is 4.41. The predicted molar refractivity (Wildman–Crippen MR) is 106 cm³/mol. The number of amides is 1. The number of esters is 1. The van der Waals surface area contributed by atoms with E-state index in [2.05, 4.69) is 23.6 Å². The van der Waals surface area contributed by atoms with Crippen LogP contribution in [0.1, 0.15) is 90.4 Å². The van der Waals surface area contributed by atoms with E-state index < -0.39 is 18.1 Å². The first-order valence-corrected chi connectivity index (χ1v) is 10.3. The SMILES string of the molecule is C=CCC(NC(=O)OC)C(=O)OCCCCCCCCCCCCCC. The molecule has 0 saturated heterocycles. The van der Waals surface area contributed by atoms with Gasteiger partial charge in [0.05, 0.1) is 13.7 Å². The molecule has 0 aliphatic rings. The summed E-state index contributed by atoms with van der Waals surface area (Å²) in [4.78, 5) is 23.2. The number of rotatable bonds is 17. The maximum absolute atomic E-state index is 11.9. The van der Waals surface area contributed by atoms with Gasteiger partial charge in [-0.05, 0) is 12.8 Å². The predicted octanol–water partition coefficient (Wildman–Crippen LogP) is 5.53. The van der Waals surface area contributed by atoms with Gasteiger partial charge in [0.1, 0.15) is 6.04 Å². The minimum Gasteiger partial charge on any atom is -0.464 e. The molecule has 0 aliphatic heterocycles. The maximum Gasteiger partial charge on any atom is 0.407 e. The van der Waals surface area contributed by atoms with Crippen molar-refractivity contribution in [2.24, 2.45) is 0 Å². The second-order valence-electron chi connectivity index (χ2n) is 6.77. The van der Waals surface area contributed by atoms with Crippen LogP contribution in [0.15, 0.2) is 12.7 Å². The van der Waals surface area contributed by atoms with Crippen molar-refractivity contribution in [2.45, 2.75) is 96.4 Å². The first-order valence-electron chi connectivity index (χ1n) is 10.3. The Morgan fingerprint density at radius 1 is 0.923 bits per heavy atom. The first-order chi connectivity index (χ1) is 12.7. The van der Waals surface area contributed by atoms with Gasteiger partial charge >= 0.3 is 12.1 Å². The van der Waals surface area contributed by atoms with Gasteiger partial charge in [-0.2, -0.15) is 0 Å². The van der Waals surface area contributed by atoms with Crippen molar-refractivity contribution in [1.82, 2.24) is 5.32 Å². The zero-order chi connectivity index (χ0) is 19.5. The number of unbranched alkanes of at least 4 members (excludes halogenated alkanes) is 11. The van der Waals surface area contributed by atoms with Crippen molar-refractivity contribution in [1.29, 1.82) is 0 Å². The molecular weight excluding hydrogens is 330 g/mol. The van der Waals surface area contributed by atoms with E-state index in [0.717, 1.165) is 12.8 Å². The third-order valence-electron chi connectivity index (χ3n) is 4.41. The number of nitrogens with one attached hydrogen (secondary N) is 1. The standard InChI is InChI=1S/C21H39NO4/c1-4-6-7-8-9-10-11-12-13-14-15-16-18-26-20(23)19(17-5-2)22-21(24)25-3/h5,19H,2,4,6-18H2,1,3H3,(H,22,24). The van der Waals surface area contributed by atoms with E-state index in [9.17, 15) is 9.59 Å². The Balaban J connectivity index is 3.53. The van der Waals surface area contributed by atoms with Crippen LogP contribution < -0.4 is 5.32 Å².